The maximum absolute atomic E-state index is 11.4. The molecule has 3 nitrogen and oxygen atoms in total. The van der Waals surface area contributed by atoms with Crippen LogP contribution >= 0.6 is 11.6 Å². The number of halogens is 1. The maximum Gasteiger partial charge on any atom is 0.248 e. The first kappa shape index (κ1) is 14.7. The van der Waals surface area contributed by atoms with Crippen LogP contribution in [0.3, 0.4) is 0 Å². The molecule has 0 saturated carbocycles. The Bertz CT molecular complexity index is 863. The second-order valence-electron chi connectivity index (χ2n) is 5.52. The van der Waals surface area contributed by atoms with Crippen LogP contribution in [0.1, 0.15) is 27.2 Å². The summed E-state index contributed by atoms with van der Waals surface area (Å²) in [6.45, 7) is 4.93. The first-order chi connectivity index (χ1) is 10.5. The minimum Gasteiger partial charge on any atom is -0.366 e. The molecule has 0 atom stereocenters. The van der Waals surface area contributed by atoms with Crippen LogP contribution in [0, 0.1) is 13.8 Å². The van der Waals surface area contributed by atoms with Crippen molar-refractivity contribution in [3.63, 3.8) is 0 Å². The second-order valence-corrected chi connectivity index (χ2v) is 5.96. The number of rotatable bonds is 3. The van der Waals surface area contributed by atoms with Gasteiger partial charge in [0.1, 0.15) is 0 Å². The van der Waals surface area contributed by atoms with E-state index in [0.29, 0.717) is 5.56 Å². The zero-order chi connectivity index (χ0) is 15.9. The Hall–Kier alpha value is -2.26. The van der Waals surface area contributed by atoms with Gasteiger partial charge in [0.15, 0.2) is 0 Å². The summed E-state index contributed by atoms with van der Waals surface area (Å²) in [6, 6.07) is 13.5. The maximum atomic E-state index is 11.4. The molecule has 0 spiro atoms. The molecule has 0 saturated heterocycles. The van der Waals surface area contributed by atoms with Crippen LogP contribution in [0.25, 0.3) is 10.9 Å². The van der Waals surface area contributed by atoms with Crippen molar-refractivity contribution in [2.45, 2.75) is 20.4 Å². The van der Waals surface area contributed by atoms with Gasteiger partial charge in [0.25, 0.3) is 0 Å². The summed E-state index contributed by atoms with van der Waals surface area (Å²) < 4.78 is 2.25. The van der Waals surface area contributed by atoms with Gasteiger partial charge in [0.05, 0.1) is 0 Å². The Morgan fingerprint density at radius 1 is 1.14 bits per heavy atom. The van der Waals surface area contributed by atoms with Gasteiger partial charge in [-0.15, -0.1) is 0 Å². The normalized spacial score (nSPS) is 11.0. The smallest absolute Gasteiger partial charge is 0.248 e. The molecule has 3 aromatic rings. The van der Waals surface area contributed by atoms with Crippen molar-refractivity contribution >= 4 is 28.4 Å². The Morgan fingerprint density at radius 2 is 1.82 bits per heavy atom. The highest BCUT2D eigenvalue weighted by Crippen LogP contribution is 2.27. The van der Waals surface area contributed by atoms with Crippen LogP contribution in [0.15, 0.2) is 42.5 Å². The summed E-state index contributed by atoms with van der Waals surface area (Å²) >= 11 is 5.94. The number of hydrogen-bond acceptors (Lipinski definition) is 1. The highest BCUT2D eigenvalue weighted by molar-refractivity contribution is 6.30. The summed E-state index contributed by atoms with van der Waals surface area (Å²) in [7, 11) is 0. The third-order valence-electron chi connectivity index (χ3n) is 4.18. The molecule has 0 aliphatic rings. The molecule has 2 N–H and O–H groups in total. The summed E-state index contributed by atoms with van der Waals surface area (Å²) in [4.78, 5) is 11.4. The number of aromatic nitrogens is 1. The van der Waals surface area contributed by atoms with E-state index >= 15 is 0 Å². The third kappa shape index (κ3) is 2.48. The van der Waals surface area contributed by atoms with Crippen LogP contribution in [0.5, 0.6) is 0 Å². The molecule has 1 heterocycles. The van der Waals surface area contributed by atoms with Crippen LogP contribution in [0.2, 0.25) is 5.02 Å². The molecule has 112 valence electrons. The van der Waals surface area contributed by atoms with Gasteiger partial charge in [-0.3, -0.25) is 4.79 Å². The first-order valence-corrected chi connectivity index (χ1v) is 7.49. The fourth-order valence-electron chi connectivity index (χ4n) is 2.78. The number of fused-ring (bicyclic) bond motifs is 1. The number of amides is 1. The quantitative estimate of drug-likeness (QED) is 0.779. The lowest BCUT2D eigenvalue weighted by atomic mass is 10.1. The van der Waals surface area contributed by atoms with Crippen molar-refractivity contribution in [3.05, 3.63) is 69.9 Å². The van der Waals surface area contributed by atoms with Crippen LogP contribution < -0.4 is 5.73 Å². The monoisotopic (exact) mass is 312 g/mol. The highest BCUT2D eigenvalue weighted by Gasteiger charge is 2.13. The molecule has 0 unspecified atom stereocenters. The van der Waals surface area contributed by atoms with E-state index in [4.69, 9.17) is 17.3 Å². The van der Waals surface area contributed by atoms with Gasteiger partial charge < -0.3 is 10.3 Å². The lowest BCUT2D eigenvalue weighted by Gasteiger charge is -2.09. The number of primary amides is 1. The number of nitrogens with two attached hydrogens (primary N) is 1. The van der Waals surface area contributed by atoms with E-state index < -0.39 is 5.91 Å². The summed E-state index contributed by atoms with van der Waals surface area (Å²) in [6.07, 6.45) is 0. The second kappa shape index (κ2) is 5.50. The molecule has 0 aliphatic carbocycles. The SMILES string of the molecule is Cc1c(C)n(Cc2ccc(Cl)cc2)c2ccc(C(N)=O)cc12. The Balaban J connectivity index is 2.11. The highest BCUT2D eigenvalue weighted by atomic mass is 35.5. The van der Waals surface area contributed by atoms with E-state index in [-0.39, 0.29) is 0 Å². The molecular formula is C18H17ClN2O. The van der Waals surface area contributed by atoms with E-state index in [1.165, 1.54) is 16.8 Å². The lowest BCUT2D eigenvalue weighted by molar-refractivity contribution is 0.100. The molecule has 1 amide bonds. The summed E-state index contributed by atoms with van der Waals surface area (Å²) in [5, 5.41) is 1.81. The van der Waals surface area contributed by atoms with Crippen LogP contribution in [-0.2, 0) is 6.54 Å². The van der Waals surface area contributed by atoms with Crippen molar-refractivity contribution in [2.24, 2.45) is 5.73 Å². The number of carbonyl (C=O) groups excluding carboxylic acids is 1. The predicted octanol–water partition coefficient (Wildman–Crippen LogP) is 4.06. The number of benzene rings is 2. The summed E-state index contributed by atoms with van der Waals surface area (Å²) in [5.74, 6) is -0.399. The zero-order valence-corrected chi connectivity index (χ0v) is 13.3. The van der Waals surface area contributed by atoms with E-state index in [0.717, 1.165) is 22.5 Å². The zero-order valence-electron chi connectivity index (χ0n) is 12.6. The van der Waals surface area contributed by atoms with E-state index in [1.807, 2.05) is 36.4 Å². The van der Waals surface area contributed by atoms with Crippen LogP contribution in [0.4, 0.5) is 0 Å². The molecule has 0 fully saturated rings. The van der Waals surface area contributed by atoms with Gasteiger partial charge in [0, 0.05) is 33.7 Å². The van der Waals surface area contributed by atoms with Gasteiger partial charge in [-0.2, -0.15) is 0 Å². The van der Waals surface area contributed by atoms with Gasteiger partial charge >= 0.3 is 0 Å². The van der Waals surface area contributed by atoms with Crippen molar-refractivity contribution in [1.82, 2.24) is 4.57 Å². The van der Waals surface area contributed by atoms with Gasteiger partial charge in [-0.25, -0.2) is 0 Å². The minimum absolute atomic E-state index is 0.399. The fraction of sp³-hybridized carbons (Fsp3) is 0.167. The van der Waals surface area contributed by atoms with Crippen molar-refractivity contribution in [3.8, 4) is 0 Å². The van der Waals surface area contributed by atoms with Crippen molar-refractivity contribution in [1.29, 1.82) is 0 Å². The van der Waals surface area contributed by atoms with Crippen molar-refractivity contribution < 1.29 is 4.79 Å². The molecule has 2 aromatic carbocycles. The average Bonchev–Trinajstić information content (AvgIpc) is 2.74. The molecule has 3 rings (SSSR count). The van der Waals surface area contributed by atoms with Gasteiger partial charge in [-0.1, -0.05) is 23.7 Å². The molecule has 22 heavy (non-hydrogen) atoms. The molecule has 0 aliphatic heterocycles. The molecule has 1 aromatic heterocycles. The molecule has 0 radical (unpaired) electrons. The third-order valence-corrected chi connectivity index (χ3v) is 4.43. The number of aryl methyl sites for hydroxylation is 1. The summed E-state index contributed by atoms with van der Waals surface area (Å²) in [5.41, 5.74) is 10.6. The largest absolute Gasteiger partial charge is 0.366 e. The molecule has 4 heteroatoms. The standard InChI is InChI=1S/C18H17ClN2O/c1-11-12(2)21(10-13-3-6-15(19)7-4-13)17-8-5-14(18(20)22)9-16(11)17/h3-9H,10H2,1-2H3,(H2,20,22). The minimum atomic E-state index is -0.399. The van der Waals surface area contributed by atoms with E-state index in [1.54, 1.807) is 6.07 Å². The van der Waals surface area contributed by atoms with Gasteiger partial charge in [0.2, 0.25) is 5.91 Å². The number of hydrogen-bond donors (Lipinski definition) is 1. The van der Waals surface area contributed by atoms with E-state index in [2.05, 4.69) is 18.4 Å². The average molecular weight is 313 g/mol. The number of carbonyl (C=O) groups is 1. The lowest BCUT2D eigenvalue weighted by Crippen LogP contribution is -2.10. The molecular weight excluding hydrogens is 296 g/mol. The fourth-order valence-corrected chi connectivity index (χ4v) is 2.91. The Labute approximate surface area is 134 Å². The van der Waals surface area contributed by atoms with Crippen molar-refractivity contribution in [2.75, 3.05) is 0 Å². The first-order valence-electron chi connectivity index (χ1n) is 7.11. The molecule has 0 bridgehead atoms. The predicted molar refractivity (Wildman–Crippen MR) is 90.5 cm³/mol. The van der Waals surface area contributed by atoms with E-state index in [9.17, 15) is 4.79 Å². The Kier molecular flexibility index (Phi) is 3.67. The topological polar surface area (TPSA) is 48.0 Å². The number of nitrogens with zero attached hydrogens (tertiary/aromatic N) is 1. The Morgan fingerprint density at radius 3 is 2.45 bits per heavy atom. The van der Waals surface area contributed by atoms with Gasteiger partial charge in [-0.05, 0) is 55.3 Å². The van der Waals surface area contributed by atoms with Crippen LogP contribution in [-0.4, -0.2) is 10.5 Å².